The maximum absolute atomic E-state index is 11.9. The predicted molar refractivity (Wildman–Crippen MR) is 73.8 cm³/mol. The first-order chi connectivity index (χ1) is 9.54. The number of carboxylic acid groups (broad SMARTS) is 1. The van der Waals surface area contributed by atoms with Crippen molar-refractivity contribution in [3.63, 3.8) is 0 Å². The fourth-order valence-electron chi connectivity index (χ4n) is 2.43. The first-order valence-corrected chi connectivity index (χ1v) is 6.45. The van der Waals surface area contributed by atoms with Crippen LogP contribution in [0.5, 0.6) is 0 Å². The summed E-state index contributed by atoms with van der Waals surface area (Å²) >= 11 is 0. The molecule has 0 fully saturated rings. The van der Waals surface area contributed by atoms with Gasteiger partial charge >= 0.3 is 12.1 Å². The van der Waals surface area contributed by atoms with Gasteiger partial charge in [-0.15, -0.1) is 0 Å². The van der Waals surface area contributed by atoms with Crippen LogP contribution < -0.4 is 0 Å². The summed E-state index contributed by atoms with van der Waals surface area (Å²) in [7, 11) is 0. The Hall–Kier alpha value is -2.30. The minimum absolute atomic E-state index is 0.126. The molecule has 1 unspecified atom stereocenters. The molecule has 5 nitrogen and oxygen atoms in total. The zero-order chi connectivity index (χ0) is 14.7. The maximum Gasteiger partial charge on any atom is 0.410 e. The minimum Gasteiger partial charge on any atom is -0.478 e. The SMILES string of the molecule is C=CCOC(=O)N1CCc2cc(C(=O)O)ccc2C1C. The molecule has 2 rings (SSSR count). The van der Waals surface area contributed by atoms with Crippen molar-refractivity contribution in [2.75, 3.05) is 13.2 Å². The topological polar surface area (TPSA) is 66.8 Å². The average Bonchev–Trinajstić information content (AvgIpc) is 2.44. The van der Waals surface area contributed by atoms with Crippen molar-refractivity contribution in [1.82, 2.24) is 4.90 Å². The number of aromatic carboxylic acids is 1. The molecule has 1 aromatic rings. The molecule has 20 heavy (non-hydrogen) atoms. The van der Waals surface area contributed by atoms with Gasteiger partial charge in [-0.05, 0) is 36.6 Å². The molecular formula is C15H17NO4. The van der Waals surface area contributed by atoms with E-state index in [0.717, 1.165) is 11.1 Å². The lowest BCUT2D eigenvalue weighted by atomic mass is 9.92. The van der Waals surface area contributed by atoms with Crippen molar-refractivity contribution in [2.24, 2.45) is 0 Å². The normalized spacial score (nSPS) is 17.2. The predicted octanol–water partition coefficient (Wildman–Crippen LogP) is 2.63. The molecule has 0 radical (unpaired) electrons. The third-order valence-electron chi connectivity index (χ3n) is 3.49. The summed E-state index contributed by atoms with van der Waals surface area (Å²) in [5.74, 6) is -0.937. The van der Waals surface area contributed by atoms with Crippen LogP contribution >= 0.6 is 0 Å². The number of carbonyl (C=O) groups is 2. The lowest BCUT2D eigenvalue weighted by Crippen LogP contribution is -2.39. The number of nitrogens with zero attached hydrogens (tertiary/aromatic N) is 1. The standard InChI is InChI=1S/C15H17NO4/c1-3-8-20-15(19)16-7-6-11-9-12(14(17)18)4-5-13(11)10(16)2/h3-5,9-10H,1,6-8H2,2H3,(H,17,18). The lowest BCUT2D eigenvalue weighted by Gasteiger charge is -2.34. The average molecular weight is 275 g/mol. The Morgan fingerprint density at radius 3 is 2.95 bits per heavy atom. The van der Waals surface area contributed by atoms with Crippen LogP contribution in [0.15, 0.2) is 30.9 Å². The van der Waals surface area contributed by atoms with Crippen LogP contribution in [0, 0.1) is 0 Å². The minimum atomic E-state index is -0.937. The molecule has 1 atom stereocenters. The molecule has 5 heteroatoms. The number of benzene rings is 1. The molecule has 106 valence electrons. The van der Waals surface area contributed by atoms with Crippen LogP contribution in [0.3, 0.4) is 0 Å². The van der Waals surface area contributed by atoms with Gasteiger partial charge in [0.15, 0.2) is 0 Å². The second kappa shape index (κ2) is 5.77. The van der Waals surface area contributed by atoms with Crippen molar-refractivity contribution >= 4 is 12.1 Å². The van der Waals surface area contributed by atoms with E-state index in [1.54, 1.807) is 23.1 Å². The quantitative estimate of drug-likeness (QED) is 0.861. The summed E-state index contributed by atoms with van der Waals surface area (Å²) in [6.07, 6.45) is 1.79. The van der Waals surface area contributed by atoms with E-state index in [1.165, 1.54) is 6.08 Å². The fraction of sp³-hybridized carbons (Fsp3) is 0.333. The van der Waals surface area contributed by atoms with Crippen molar-refractivity contribution < 1.29 is 19.4 Å². The number of hydrogen-bond acceptors (Lipinski definition) is 3. The highest BCUT2D eigenvalue weighted by Crippen LogP contribution is 2.30. The summed E-state index contributed by atoms with van der Waals surface area (Å²) < 4.78 is 5.05. The van der Waals surface area contributed by atoms with Gasteiger partial charge < -0.3 is 14.7 Å². The van der Waals surface area contributed by atoms with Crippen molar-refractivity contribution in [3.8, 4) is 0 Å². The van der Waals surface area contributed by atoms with Crippen LogP contribution in [0.2, 0.25) is 0 Å². The zero-order valence-electron chi connectivity index (χ0n) is 11.3. The highest BCUT2D eigenvalue weighted by molar-refractivity contribution is 5.88. The molecule has 0 aromatic heterocycles. The molecule has 1 amide bonds. The Labute approximate surface area is 117 Å². The maximum atomic E-state index is 11.9. The van der Waals surface area contributed by atoms with Crippen LogP contribution in [0.1, 0.15) is 34.5 Å². The number of fused-ring (bicyclic) bond motifs is 1. The monoisotopic (exact) mass is 275 g/mol. The summed E-state index contributed by atoms with van der Waals surface area (Å²) in [5.41, 5.74) is 2.22. The van der Waals surface area contributed by atoms with E-state index in [-0.39, 0.29) is 24.3 Å². The van der Waals surface area contributed by atoms with Gasteiger partial charge in [-0.25, -0.2) is 9.59 Å². The molecule has 0 saturated heterocycles. The summed E-state index contributed by atoms with van der Waals surface area (Å²) in [6.45, 7) is 6.13. The van der Waals surface area contributed by atoms with Crippen molar-refractivity contribution in [2.45, 2.75) is 19.4 Å². The van der Waals surface area contributed by atoms with E-state index in [0.29, 0.717) is 13.0 Å². The number of rotatable bonds is 3. The highest BCUT2D eigenvalue weighted by Gasteiger charge is 2.28. The van der Waals surface area contributed by atoms with E-state index in [2.05, 4.69) is 6.58 Å². The molecule has 1 heterocycles. The van der Waals surface area contributed by atoms with E-state index < -0.39 is 5.97 Å². The molecule has 0 spiro atoms. The first kappa shape index (κ1) is 14.1. The van der Waals surface area contributed by atoms with Gasteiger partial charge in [0, 0.05) is 6.54 Å². The third kappa shape index (κ3) is 2.66. The second-order valence-corrected chi connectivity index (χ2v) is 4.70. The van der Waals surface area contributed by atoms with Gasteiger partial charge in [-0.2, -0.15) is 0 Å². The van der Waals surface area contributed by atoms with Gasteiger partial charge in [0.1, 0.15) is 6.61 Å². The molecule has 1 aliphatic heterocycles. The van der Waals surface area contributed by atoms with E-state index in [1.807, 2.05) is 6.92 Å². The highest BCUT2D eigenvalue weighted by atomic mass is 16.6. The number of ether oxygens (including phenoxy) is 1. The number of amides is 1. The van der Waals surface area contributed by atoms with Crippen LogP contribution in [0.25, 0.3) is 0 Å². The summed E-state index contributed by atoms with van der Waals surface area (Å²) in [4.78, 5) is 24.5. The molecule has 1 aliphatic rings. The Balaban J connectivity index is 2.21. The smallest absolute Gasteiger partial charge is 0.410 e. The first-order valence-electron chi connectivity index (χ1n) is 6.45. The Bertz CT molecular complexity index is 553. The Kier molecular flexibility index (Phi) is 4.08. The molecule has 0 aliphatic carbocycles. The van der Waals surface area contributed by atoms with Gasteiger partial charge in [-0.3, -0.25) is 0 Å². The van der Waals surface area contributed by atoms with Crippen molar-refractivity contribution in [3.05, 3.63) is 47.5 Å². The number of hydrogen-bond donors (Lipinski definition) is 1. The fourth-order valence-corrected chi connectivity index (χ4v) is 2.43. The van der Waals surface area contributed by atoms with Crippen LogP contribution in [0.4, 0.5) is 4.79 Å². The van der Waals surface area contributed by atoms with E-state index in [9.17, 15) is 9.59 Å². The van der Waals surface area contributed by atoms with Crippen LogP contribution in [-0.2, 0) is 11.2 Å². The van der Waals surface area contributed by atoms with Gasteiger partial charge in [0.05, 0.1) is 11.6 Å². The van der Waals surface area contributed by atoms with Gasteiger partial charge in [-0.1, -0.05) is 18.7 Å². The molecule has 1 aromatic carbocycles. The van der Waals surface area contributed by atoms with E-state index >= 15 is 0 Å². The third-order valence-corrected chi connectivity index (χ3v) is 3.49. The van der Waals surface area contributed by atoms with Crippen molar-refractivity contribution in [1.29, 1.82) is 0 Å². The number of carboxylic acids is 1. The second-order valence-electron chi connectivity index (χ2n) is 4.70. The number of carbonyl (C=O) groups excluding carboxylic acids is 1. The largest absolute Gasteiger partial charge is 0.478 e. The molecule has 0 bridgehead atoms. The Morgan fingerprint density at radius 1 is 1.55 bits per heavy atom. The Morgan fingerprint density at radius 2 is 2.30 bits per heavy atom. The van der Waals surface area contributed by atoms with Crippen LogP contribution in [-0.4, -0.2) is 35.2 Å². The van der Waals surface area contributed by atoms with E-state index in [4.69, 9.17) is 9.84 Å². The van der Waals surface area contributed by atoms with Gasteiger partial charge in [0.2, 0.25) is 0 Å². The molecule has 1 N–H and O–H groups in total. The lowest BCUT2D eigenvalue weighted by molar-refractivity contribution is 0.0695. The molecular weight excluding hydrogens is 258 g/mol. The summed E-state index contributed by atoms with van der Waals surface area (Å²) in [6, 6.07) is 4.90. The molecule has 0 saturated carbocycles. The summed E-state index contributed by atoms with van der Waals surface area (Å²) in [5, 5.41) is 9.00. The van der Waals surface area contributed by atoms with Gasteiger partial charge in [0.25, 0.3) is 0 Å². The zero-order valence-corrected chi connectivity index (χ0v) is 11.3.